The van der Waals surface area contributed by atoms with Crippen molar-refractivity contribution in [2.24, 2.45) is 0 Å². The summed E-state index contributed by atoms with van der Waals surface area (Å²) in [6.45, 7) is 4.86. The van der Waals surface area contributed by atoms with Gasteiger partial charge in [0, 0.05) is 32.6 Å². The van der Waals surface area contributed by atoms with Crippen LogP contribution < -0.4 is 5.32 Å². The molecule has 0 aromatic heterocycles. The highest BCUT2D eigenvalue weighted by Gasteiger charge is 1.99. The van der Waals surface area contributed by atoms with Crippen molar-refractivity contribution in [3.8, 4) is 6.07 Å². The number of ether oxygens (including phenoxy) is 2. The maximum absolute atomic E-state index is 8.83. The molecule has 4 heteroatoms. The Balaban J connectivity index is 2.25. The van der Waals surface area contributed by atoms with Crippen LogP contribution in [-0.4, -0.2) is 33.5 Å². The molecule has 0 bridgehead atoms. The highest BCUT2D eigenvalue weighted by atomic mass is 16.5. The third-order valence-electron chi connectivity index (χ3n) is 2.57. The fourth-order valence-corrected chi connectivity index (χ4v) is 1.55. The summed E-state index contributed by atoms with van der Waals surface area (Å²) >= 11 is 0. The topological polar surface area (TPSA) is 54.3 Å². The molecule has 4 nitrogen and oxygen atoms in total. The summed E-state index contributed by atoms with van der Waals surface area (Å²) in [5, 5.41) is 12.1. The summed E-state index contributed by atoms with van der Waals surface area (Å²) in [7, 11) is 1.69. The molecule has 0 spiro atoms. The predicted octanol–water partition coefficient (Wildman–Crippen LogP) is 2.33. The maximum Gasteiger partial charge on any atom is 0.0992 e. The Hall–Kier alpha value is -1.57. The van der Waals surface area contributed by atoms with E-state index in [1.54, 1.807) is 7.11 Å². The summed E-state index contributed by atoms with van der Waals surface area (Å²) < 4.78 is 10.4. The first-order valence-electron chi connectivity index (χ1n) is 6.09. The van der Waals surface area contributed by atoms with E-state index in [9.17, 15) is 0 Å². The van der Waals surface area contributed by atoms with Gasteiger partial charge in [-0.2, -0.15) is 5.26 Å². The Labute approximate surface area is 109 Å². The molecule has 0 saturated carbocycles. The summed E-state index contributed by atoms with van der Waals surface area (Å²) in [5.41, 5.74) is 2.80. The van der Waals surface area contributed by atoms with Gasteiger partial charge in [0.05, 0.1) is 18.2 Å². The lowest BCUT2D eigenvalue weighted by molar-refractivity contribution is 0.109. The van der Waals surface area contributed by atoms with Crippen LogP contribution in [-0.2, 0) is 9.47 Å². The number of rotatable bonds is 8. The average molecular weight is 248 g/mol. The van der Waals surface area contributed by atoms with Gasteiger partial charge in [0.15, 0.2) is 0 Å². The van der Waals surface area contributed by atoms with E-state index < -0.39 is 0 Å². The number of anilines is 1. The van der Waals surface area contributed by atoms with E-state index in [0.717, 1.165) is 30.8 Å². The van der Waals surface area contributed by atoms with Crippen molar-refractivity contribution in [2.75, 3.05) is 38.8 Å². The Morgan fingerprint density at radius 2 is 2.11 bits per heavy atom. The van der Waals surface area contributed by atoms with Gasteiger partial charge < -0.3 is 14.8 Å². The van der Waals surface area contributed by atoms with Crippen LogP contribution in [0.15, 0.2) is 18.2 Å². The molecule has 0 amide bonds. The van der Waals surface area contributed by atoms with Gasteiger partial charge in [-0.1, -0.05) is 6.07 Å². The molecule has 18 heavy (non-hydrogen) atoms. The third-order valence-corrected chi connectivity index (χ3v) is 2.57. The van der Waals surface area contributed by atoms with Crippen molar-refractivity contribution < 1.29 is 9.47 Å². The van der Waals surface area contributed by atoms with Crippen LogP contribution in [0.1, 0.15) is 17.5 Å². The second-order valence-corrected chi connectivity index (χ2v) is 4.03. The van der Waals surface area contributed by atoms with Gasteiger partial charge in [-0.25, -0.2) is 0 Å². The number of nitriles is 1. The number of nitrogens with one attached hydrogen (secondary N) is 1. The van der Waals surface area contributed by atoms with Crippen LogP contribution >= 0.6 is 0 Å². The van der Waals surface area contributed by atoms with Gasteiger partial charge in [-0.05, 0) is 31.0 Å². The molecule has 0 aliphatic heterocycles. The van der Waals surface area contributed by atoms with Crippen molar-refractivity contribution in [1.82, 2.24) is 0 Å². The molecular formula is C14H20N2O2. The summed E-state index contributed by atoms with van der Waals surface area (Å²) in [6.07, 6.45) is 0.916. The zero-order valence-electron chi connectivity index (χ0n) is 11.0. The molecule has 0 aliphatic rings. The minimum Gasteiger partial charge on any atom is -0.385 e. The Bertz CT molecular complexity index is 399. The molecule has 1 N–H and O–H groups in total. The zero-order chi connectivity index (χ0) is 13.2. The van der Waals surface area contributed by atoms with E-state index in [1.165, 1.54) is 0 Å². The Morgan fingerprint density at radius 3 is 2.83 bits per heavy atom. The lowest BCUT2D eigenvalue weighted by atomic mass is 10.1. The number of nitrogens with zero attached hydrogens (tertiary/aromatic N) is 1. The number of hydrogen-bond donors (Lipinski definition) is 1. The molecule has 0 aliphatic carbocycles. The molecule has 1 rings (SSSR count). The van der Waals surface area contributed by atoms with Gasteiger partial charge in [0.2, 0.25) is 0 Å². The molecule has 0 saturated heterocycles. The van der Waals surface area contributed by atoms with E-state index in [-0.39, 0.29) is 0 Å². The normalized spacial score (nSPS) is 10.1. The van der Waals surface area contributed by atoms with Crippen LogP contribution in [0, 0.1) is 18.3 Å². The first-order valence-corrected chi connectivity index (χ1v) is 6.09. The monoisotopic (exact) mass is 248 g/mol. The standard InChI is InChI=1S/C14H20N2O2/c1-12-4-5-13(11-15)10-14(12)16-6-9-18-8-3-7-17-2/h4-5,10,16H,3,6-9H2,1-2H3. The second kappa shape index (κ2) is 8.51. The van der Waals surface area contributed by atoms with E-state index >= 15 is 0 Å². The average Bonchev–Trinajstić information content (AvgIpc) is 2.39. The van der Waals surface area contributed by atoms with E-state index in [4.69, 9.17) is 14.7 Å². The van der Waals surface area contributed by atoms with E-state index in [2.05, 4.69) is 11.4 Å². The highest BCUT2D eigenvalue weighted by molar-refractivity contribution is 5.55. The quantitative estimate of drug-likeness (QED) is 0.717. The minimum atomic E-state index is 0.653. The fraction of sp³-hybridized carbons (Fsp3) is 0.500. The SMILES string of the molecule is COCCCOCCNc1cc(C#N)ccc1C. The van der Waals surface area contributed by atoms with Gasteiger partial charge >= 0.3 is 0 Å². The van der Waals surface area contributed by atoms with Crippen molar-refractivity contribution in [3.63, 3.8) is 0 Å². The molecule has 0 heterocycles. The lowest BCUT2D eigenvalue weighted by Crippen LogP contribution is -2.11. The van der Waals surface area contributed by atoms with E-state index in [1.807, 2.05) is 25.1 Å². The Kier molecular flexibility index (Phi) is 6.85. The zero-order valence-corrected chi connectivity index (χ0v) is 11.0. The summed E-state index contributed by atoms with van der Waals surface area (Å²) in [5.74, 6) is 0. The molecule has 1 aromatic rings. The number of benzene rings is 1. The van der Waals surface area contributed by atoms with Crippen molar-refractivity contribution in [2.45, 2.75) is 13.3 Å². The van der Waals surface area contributed by atoms with Crippen LogP contribution in [0.2, 0.25) is 0 Å². The first-order chi connectivity index (χ1) is 8.77. The van der Waals surface area contributed by atoms with Crippen LogP contribution in [0.25, 0.3) is 0 Å². The van der Waals surface area contributed by atoms with Crippen LogP contribution in [0.3, 0.4) is 0 Å². The van der Waals surface area contributed by atoms with Crippen molar-refractivity contribution in [1.29, 1.82) is 5.26 Å². The minimum absolute atomic E-state index is 0.653. The highest BCUT2D eigenvalue weighted by Crippen LogP contribution is 2.15. The molecular weight excluding hydrogens is 228 g/mol. The van der Waals surface area contributed by atoms with Gasteiger partial charge in [0.25, 0.3) is 0 Å². The van der Waals surface area contributed by atoms with Gasteiger partial charge in [-0.3, -0.25) is 0 Å². The van der Waals surface area contributed by atoms with Crippen LogP contribution in [0.5, 0.6) is 0 Å². The second-order valence-electron chi connectivity index (χ2n) is 4.03. The van der Waals surface area contributed by atoms with Crippen molar-refractivity contribution >= 4 is 5.69 Å². The molecule has 1 aromatic carbocycles. The van der Waals surface area contributed by atoms with Gasteiger partial charge in [-0.15, -0.1) is 0 Å². The van der Waals surface area contributed by atoms with Crippen LogP contribution in [0.4, 0.5) is 5.69 Å². The largest absolute Gasteiger partial charge is 0.385 e. The Morgan fingerprint density at radius 1 is 1.28 bits per heavy atom. The molecule has 0 radical (unpaired) electrons. The lowest BCUT2D eigenvalue weighted by Gasteiger charge is -2.10. The number of hydrogen-bond acceptors (Lipinski definition) is 4. The molecule has 0 unspecified atom stereocenters. The van der Waals surface area contributed by atoms with E-state index in [0.29, 0.717) is 18.8 Å². The smallest absolute Gasteiger partial charge is 0.0992 e. The number of methoxy groups -OCH3 is 1. The third kappa shape index (κ3) is 5.17. The first kappa shape index (κ1) is 14.5. The van der Waals surface area contributed by atoms with Crippen molar-refractivity contribution in [3.05, 3.63) is 29.3 Å². The fourth-order valence-electron chi connectivity index (χ4n) is 1.55. The predicted molar refractivity (Wildman–Crippen MR) is 71.7 cm³/mol. The summed E-state index contributed by atoms with van der Waals surface area (Å²) in [4.78, 5) is 0. The summed E-state index contributed by atoms with van der Waals surface area (Å²) in [6, 6.07) is 7.76. The molecule has 98 valence electrons. The number of aryl methyl sites for hydroxylation is 1. The van der Waals surface area contributed by atoms with Gasteiger partial charge in [0.1, 0.15) is 0 Å². The molecule has 0 atom stereocenters. The maximum atomic E-state index is 8.83. The molecule has 0 fully saturated rings.